The summed E-state index contributed by atoms with van der Waals surface area (Å²) in [6, 6.07) is 1.23. The van der Waals surface area contributed by atoms with Crippen LogP contribution in [0.1, 0.15) is 46.6 Å². The second-order valence-corrected chi connectivity index (χ2v) is 6.73. The highest BCUT2D eigenvalue weighted by atomic mass is 19.1. The molecule has 0 radical (unpaired) electrons. The second kappa shape index (κ2) is 8.64. The summed E-state index contributed by atoms with van der Waals surface area (Å²) in [7, 11) is 3.07. The molecule has 0 aromatic carbocycles. The van der Waals surface area contributed by atoms with E-state index in [1.165, 1.54) is 36.4 Å². The van der Waals surface area contributed by atoms with Crippen molar-refractivity contribution < 1.29 is 14.0 Å². The highest BCUT2D eigenvalue weighted by Gasteiger charge is 2.22. The minimum Gasteiger partial charge on any atom is -0.354 e. The van der Waals surface area contributed by atoms with Crippen LogP contribution in [0.5, 0.6) is 0 Å². The van der Waals surface area contributed by atoms with Crippen molar-refractivity contribution in [1.29, 1.82) is 0 Å². The number of carbonyl (C=O) groups is 2. The highest BCUT2D eigenvalue weighted by Crippen LogP contribution is 2.23. The van der Waals surface area contributed by atoms with Gasteiger partial charge in [0, 0.05) is 26.1 Å². The molecule has 0 saturated heterocycles. The van der Waals surface area contributed by atoms with E-state index < -0.39 is 17.6 Å². The Morgan fingerprint density at radius 1 is 1.10 bits per heavy atom. The maximum atomic E-state index is 13.5. The fraction of sp³-hybridized carbons (Fsp3) is 0.263. The Hall–Kier alpha value is -3.89. The van der Waals surface area contributed by atoms with Crippen LogP contribution >= 0.6 is 0 Å². The zero-order valence-electron chi connectivity index (χ0n) is 16.9. The molecule has 0 aliphatic carbocycles. The predicted molar refractivity (Wildman–Crippen MR) is 108 cm³/mol. The lowest BCUT2D eigenvalue weighted by atomic mass is 10.2. The number of anilines is 3. The molecule has 3 N–H and O–H groups in total. The van der Waals surface area contributed by atoms with Crippen molar-refractivity contribution >= 4 is 28.9 Å². The van der Waals surface area contributed by atoms with Crippen molar-refractivity contribution in [1.82, 2.24) is 30.0 Å². The van der Waals surface area contributed by atoms with E-state index in [1.807, 2.05) is 13.8 Å². The number of pyridine rings is 1. The topological polar surface area (TPSA) is 127 Å². The van der Waals surface area contributed by atoms with Crippen LogP contribution in [0.3, 0.4) is 0 Å². The number of hydrogen-bond donors (Lipinski definition) is 3. The van der Waals surface area contributed by atoms with Crippen LogP contribution in [0, 0.1) is 5.82 Å². The maximum Gasteiger partial charge on any atom is 0.276 e. The van der Waals surface area contributed by atoms with Gasteiger partial charge in [-0.2, -0.15) is 5.10 Å². The Morgan fingerprint density at radius 3 is 2.53 bits per heavy atom. The average Bonchev–Trinajstić information content (AvgIpc) is 3.07. The molecule has 0 bridgehead atoms. The van der Waals surface area contributed by atoms with Gasteiger partial charge < -0.3 is 16.0 Å². The van der Waals surface area contributed by atoms with Crippen LogP contribution in [-0.2, 0) is 7.05 Å². The van der Waals surface area contributed by atoms with E-state index in [-0.39, 0.29) is 28.7 Å². The summed E-state index contributed by atoms with van der Waals surface area (Å²) in [5.74, 6) is -1.08. The van der Waals surface area contributed by atoms with E-state index >= 15 is 0 Å². The fourth-order valence-electron chi connectivity index (χ4n) is 2.67. The van der Waals surface area contributed by atoms with E-state index in [1.54, 1.807) is 7.05 Å². The first kappa shape index (κ1) is 20.8. The molecule has 2 amide bonds. The van der Waals surface area contributed by atoms with Crippen LogP contribution in [0.25, 0.3) is 0 Å². The van der Waals surface area contributed by atoms with Gasteiger partial charge in [-0.05, 0) is 0 Å². The quantitative estimate of drug-likeness (QED) is 0.566. The Balaban J connectivity index is 1.98. The molecule has 3 heterocycles. The number of halogens is 1. The van der Waals surface area contributed by atoms with Crippen LogP contribution in [0.4, 0.5) is 21.5 Å². The Kier molecular flexibility index (Phi) is 6.00. The lowest BCUT2D eigenvalue weighted by Crippen LogP contribution is -2.24. The lowest BCUT2D eigenvalue weighted by molar-refractivity contribution is 0.0954. The SMILES string of the molecule is CNC(=O)c1c(NC(=O)c2nc(C(C)C)ncc2Nc2cncc(F)c2)cnn1C. The monoisotopic (exact) mass is 412 g/mol. The number of carbonyl (C=O) groups excluding carboxylic acids is 2. The summed E-state index contributed by atoms with van der Waals surface area (Å²) in [5.41, 5.74) is 1.04. The van der Waals surface area contributed by atoms with Gasteiger partial charge in [-0.1, -0.05) is 13.8 Å². The number of hydrogen-bond acceptors (Lipinski definition) is 7. The number of aromatic nitrogens is 5. The van der Waals surface area contributed by atoms with Gasteiger partial charge in [0.15, 0.2) is 5.69 Å². The van der Waals surface area contributed by atoms with Crippen molar-refractivity contribution in [3.05, 3.63) is 53.9 Å². The molecule has 10 nitrogen and oxygen atoms in total. The summed E-state index contributed by atoms with van der Waals surface area (Å²) in [4.78, 5) is 37.6. The first-order chi connectivity index (χ1) is 14.3. The van der Waals surface area contributed by atoms with Gasteiger partial charge >= 0.3 is 0 Å². The Bertz CT molecular complexity index is 1100. The number of nitrogens with one attached hydrogen (secondary N) is 3. The molecule has 156 valence electrons. The third-order valence-electron chi connectivity index (χ3n) is 4.15. The molecule has 3 aromatic rings. The first-order valence-electron chi connectivity index (χ1n) is 9.10. The smallest absolute Gasteiger partial charge is 0.276 e. The first-order valence-corrected chi connectivity index (χ1v) is 9.10. The summed E-state index contributed by atoms with van der Waals surface area (Å²) in [6.07, 6.45) is 5.30. The van der Waals surface area contributed by atoms with Gasteiger partial charge in [0.2, 0.25) is 0 Å². The third kappa shape index (κ3) is 4.40. The molecule has 3 aromatic heterocycles. The van der Waals surface area contributed by atoms with Crippen molar-refractivity contribution in [2.45, 2.75) is 19.8 Å². The summed E-state index contributed by atoms with van der Waals surface area (Å²) < 4.78 is 14.8. The van der Waals surface area contributed by atoms with Crippen molar-refractivity contribution in [3.8, 4) is 0 Å². The van der Waals surface area contributed by atoms with Gasteiger partial charge in [0.1, 0.15) is 17.3 Å². The van der Waals surface area contributed by atoms with Crippen LogP contribution in [-0.4, -0.2) is 43.6 Å². The van der Waals surface area contributed by atoms with E-state index in [0.717, 1.165) is 6.20 Å². The normalized spacial score (nSPS) is 10.7. The lowest BCUT2D eigenvalue weighted by Gasteiger charge is -2.13. The minimum atomic E-state index is -0.579. The molecule has 0 unspecified atom stereocenters. The van der Waals surface area contributed by atoms with Crippen LogP contribution in [0.2, 0.25) is 0 Å². The molecule has 0 spiro atoms. The summed E-state index contributed by atoms with van der Waals surface area (Å²) in [5, 5.41) is 12.1. The van der Waals surface area contributed by atoms with Crippen molar-refractivity contribution in [3.63, 3.8) is 0 Å². The van der Waals surface area contributed by atoms with E-state index in [4.69, 9.17) is 0 Å². The molecular formula is C19H21FN8O2. The number of aryl methyl sites for hydroxylation is 1. The van der Waals surface area contributed by atoms with Gasteiger partial charge in [-0.25, -0.2) is 14.4 Å². The summed E-state index contributed by atoms with van der Waals surface area (Å²) in [6.45, 7) is 3.79. The standard InChI is InChI=1S/C19H21FN8O2/c1-10(2)17-23-8-13(25-12-5-11(20)6-22-7-12)15(27-17)18(29)26-14-9-24-28(4)16(14)19(30)21-3/h5-10,25H,1-4H3,(H,21,30)(H,26,29). The van der Waals surface area contributed by atoms with Crippen LogP contribution < -0.4 is 16.0 Å². The molecule has 11 heteroatoms. The number of rotatable bonds is 6. The van der Waals surface area contributed by atoms with Gasteiger partial charge in [-0.3, -0.25) is 19.3 Å². The van der Waals surface area contributed by atoms with E-state index in [9.17, 15) is 14.0 Å². The second-order valence-electron chi connectivity index (χ2n) is 6.73. The van der Waals surface area contributed by atoms with Crippen molar-refractivity contribution in [2.75, 3.05) is 17.7 Å². The molecule has 0 atom stereocenters. The summed E-state index contributed by atoms with van der Waals surface area (Å²) >= 11 is 0. The Morgan fingerprint density at radius 2 is 1.87 bits per heavy atom. The molecule has 0 saturated carbocycles. The average molecular weight is 412 g/mol. The number of amides is 2. The number of nitrogens with zero attached hydrogens (tertiary/aromatic N) is 5. The molecule has 0 aliphatic heterocycles. The largest absolute Gasteiger partial charge is 0.354 e. The van der Waals surface area contributed by atoms with Gasteiger partial charge in [0.25, 0.3) is 11.8 Å². The van der Waals surface area contributed by atoms with Crippen molar-refractivity contribution in [2.24, 2.45) is 7.05 Å². The minimum absolute atomic E-state index is 0.0266. The van der Waals surface area contributed by atoms with E-state index in [2.05, 4.69) is 36.0 Å². The fourth-order valence-corrected chi connectivity index (χ4v) is 2.67. The molecule has 0 aliphatic rings. The van der Waals surface area contributed by atoms with Crippen LogP contribution in [0.15, 0.2) is 30.9 Å². The van der Waals surface area contributed by atoms with Gasteiger partial charge in [-0.15, -0.1) is 0 Å². The maximum absolute atomic E-state index is 13.5. The molecule has 30 heavy (non-hydrogen) atoms. The van der Waals surface area contributed by atoms with Gasteiger partial charge in [0.05, 0.1) is 41.8 Å². The Labute approximate surface area is 172 Å². The molecule has 0 fully saturated rings. The predicted octanol–water partition coefficient (Wildman–Crippen LogP) is 2.22. The highest BCUT2D eigenvalue weighted by molar-refractivity contribution is 6.10. The zero-order valence-corrected chi connectivity index (χ0v) is 16.9. The third-order valence-corrected chi connectivity index (χ3v) is 4.15. The molecular weight excluding hydrogens is 391 g/mol. The molecule has 3 rings (SSSR count). The van der Waals surface area contributed by atoms with E-state index in [0.29, 0.717) is 11.5 Å². The zero-order chi connectivity index (χ0) is 21.8.